The largest absolute Gasteiger partial charge is 0.372 e. The first kappa shape index (κ1) is 17.5. The highest BCUT2D eigenvalue weighted by molar-refractivity contribution is 5.87. The molecule has 0 bridgehead atoms. The van der Waals surface area contributed by atoms with Crippen molar-refractivity contribution in [3.8, 4) is 0 Å². The molecule has 0 radical (unpaired) electrons. The SMILES string of the molecule is CCOCC(=O)N1CCN(C(=O)C(C)(C)c2ccccc2)CC1. The Bertz CT molecular complexity index is 534. The molecule has 1 aromatic rings. The van der Waals surface area contributed by atoms with Gasteiger partial charge >= 0.3 is 0 Å². The molecule has 0 N–H and O–H groups in total. The summed E-state index contributed by atoms with van der Waals surface area (Å²) in [5, 5.41) is 0. The number of hydrogen-bond donors (Lipinski definition) is 0. The number of amides is 2. The summed E-state index contributed by atoms with van der Waals surface area (Å²) in [5.41, 5.74) is 0.457. The number of benzene rings is 1. The highest BCUT2D eigenvalue weighted by Crippen LogP contribution is 2.26. The van der Waals surface area contributed by atoms with Crippen molar-refractivity contribution in [3.63, 3.8) is 0 Å². The molecule has 1 aromatic carbocycles. The van der Waals surface area contributed by atoms with Gasteiger partial charge in [-0.2, -0.15) is 0 Å². The average Bonchev–Trinajstić information content (AvgIpc) is 2.59. The van der Waals surface area contributed by atoms with Crippen molar-refractivity contribution in [2.45, 2.75) is 26.2 Å². The maximum atomic E-state index is 12.9. The maximum Gasteiger partial charge on any atom is 0.248 e. The lowest BCUT2D eigenvalue weighted by atomic mass is 9.83. The van der Waals surface area contributed by atoms with Crippen LogP contribution >= 0.6 is 0 Å². The number of carbonyl (C=O) groups is 2. The summed E-state index contributed by atoms with van der Waals surface area (Å²) in [5.74, 6) is 0.113. The Labute approximate surface area is 138 Å². The molecule has 1 fully saturated rings. The first-order valence-electron chi connectivity index (χ1n) is 8.17. The molecule has 0 atom stereocenters. The Hall–Kier alpha value is -1.88. The molecule has 1 aliphatic heterocycles. The van der Waals surface area contributed by atoms with E-state index < -0.39 is 5.41 Å². The maximum absolute atomic E-state index is 12.9. The lowest BCUT2D eigenvalue weighted by Crippen LogP contribution is -2.54. The standard InChI is InChI=1S/C18H26N2O3/c1-4-23-14-16(21)19-10-12-20(13-11-19)17(22)18(2,3)15-8-6-5-7-9-15/h5-9H,4,10-14H2,1-3H3. The van der Waals surface area contributed by atoms with Gasteiger partial charge in [0.15, 0.2) is 0 Å². The summed E-state index contributed by atoms with van der Waals surface area (Å²) in [7, 11) is 0. The Morgan fingerprint density at radius 1 is 1.04 bits per heavy atom. The average molecular weight is 318 g/mol. The van der Waals surface area contributed by atoms with Gasteiger partial charge in [0.05, 0.1) is 5.41 Å². The molecule has 126 valence electrons. The molecule has 1 aliphatic rings. The topological polar surface area (TPSA) is 49.9 Å². The fraction of sp³-hybridized carbons (Fsp3) is 0.556. The van der Waals surface area contributed by atoms with E-state index in [0.29, 0.717) is 32.8 Å². The zero-order valence-corrected chi connectivity index (χ0v) is 14.2. The van der Waals surface area contributed by atoms with Gasteiger partial charge in [-0.15, -0.1) is 0 Å². The van der Waals surface area contributed by atoms with E-state index in [-0.39, 0.29) is 18.4 Å². The minimum atomic E-state index is -0.557. The van der Waals surface area contributed by atoms with Crippen molar-refractivity contribution in [3.05, 3.63) is 35.9 Å². The fourth-order valence-corrected chi connectivity index (χ4v) is 2.81. The van der Waals surface area contributed by atoms with Gasteiger partial charge in [-0.1, -0.05) is 30.3 Å². The number of rotatable bonds is 5. The summed E-state index contributed by atoms with van der Waals surface area (Å²) in [6, 6.07) is 9.83. The monoisotopic (exact) mass is 318 g/mol. The Balaban J connectivity index is 1.94. The summed E-state index contributed by atoms with van der Waals surface area (Å²) in [4.78, 5) is 28.4. The van der Waals surface area contributed by atoms with Crippen molar-refractivity contribution in [2.24, 2.45) is 0 Å². The van der Waals surface area contributed by atoms with E-state index in [2.05, 4.69) is 0 Å². The van der Waals surface area contributed by atoms with Crippen molar-refractivity contribution < 1.29 is 14.3 Å². The summed E-state index contributed by atoms with van der Waals surface area (Å²) in [6.07, 6.45) is 0. The van der Waals surface area contributed by atoms with Gasteiger partial charge in [-0.05, 0) is 26.3 Å². The number of piperazine rings is 1. The highest BCUT2D eigenvalue weighted by atomic mass is 16.5. The van der Waals surface area contributed by atoms with Gasteiger partial charge in [-0.25, -0.2) is 0 Å². The van der Waals surface area contributed by atoms with Crippen LogP contribution in [0.2, 0.25) is 0 Å². The van der Waals surface area contributed by atoms with E-state index in [0.717, 1.165) is 5.56 Å². The van der Waals surface area contributed by atoms with Crippen LogP contribution in [0.15, 0.2) is 30.3 Å². The van der Waals surface area contributed by atoms with Gasteiger partial charge in [0, 0.05) is 32.8 Å². The van der Waals surface area contributed by atoms with E-state index in [9.17, 15) is 9.59 Å². The minimum absolute atomic E-state index is 0.00117. The molecule has 5 heteroatoms. The van der Waals surface area contributed by atoms with Crippen LogP contribution in [0.3, 0.4) is 0 Å². The molecule has 1 heterocycles. The summed E-state index contributed by atoms with van der Waals surface area (Å²) < 4.78 is 5.16. The van der Waals surface area contributed by atoms with E-state index >= 15 is 0 Å². The molecular weight excluding hydrogens is 292 g/mol. The van der Waals surface area contributed by atoms with Crippen molar-refractivity contribution in [2.75, 3.05) is 39.4 Å². The van der Waals surface area contributed by atoms with Crippen LogP contribution in [0.1, 0.15) is 26.3 Å². The van der Waals surface area contributed by atoms with Crippen LogP contribution in [0.5, 0.6) is 0 Å². The first-order chi connectivity index (χ1) is 11.0. The van der Waals surface area contributed by atoms with Gasteiger partial charge < -0.3 is 14.5 Å². The third-order valence-electron chi connectivity index (χ3n) is 4.38. The number of hydrogen-bond acceptors (Lipinski definition) is 3. The second-order valence-electron chi connectivity index (χ2n) is 6.30. The van der Waals surface area contributed by atoms with E-state index in [1.165, 1.54) is 0 Å². The summed E-state index contributed by atoms with van der Waals surface area (Å²) >= 11 is 0. The Morgan fingerprint density at radius 2 is 1.61 bits per heavy atom. The predicted octanol–water partition coefficient (Wildman–Crippen LogP) is 1.67. The van der Waals surface area contributed by atoms with Crippen molar-refractivity contribution in [1.29, 1.82) is 0 Å². The second kappa shape index (κ2) is 7.59. The van der Waals surface area contributed by atoms with Crippen LogP contribution in [0, 0.1) is 0 Å². The quantitative estimate of drug-likeness (QED) is 0.830. The number of carbonyl (C=O) groups excluding carboxylic acids is 2. The molecule has 2 rings (SSSR count). The highest BCUT2D eigenvalue weighted by Gasteiger charge is 2.35. The molecule has 1 saturated heterocycles. The van der Waals surface area contributed by atoms with E-state index in [4.69, 9.17) is 4.74 Å². The number of ether oxygens (including phenoxy) is 1. The fourth-order valence-electron chi connectivity index (χ4n) is 2.81. The third-order valence-corrected chi connectivity index (χ3v) is 4.38. The number of nitrogens with zero attached hydrogens (tertiary/aromatic N) is 2. The van der Waals surface area contributed by atoms with Crippen molar-refractivity contribution >= 4 is 11.8 Å². The second-order valence-corrected chi connectivity index (χ2v) is 6.30. The molecule has 5 nitrogen and oxygen atoms in total. The predicted molar refractivity (Wildman–Crippen MR) is 89.1 cm³/mol. The lowest BCUT2D eigenvalue weighted by molar-refractivity contribution is -0.144. The van der Waals surface area contributed by atoms with Crippen LogP contribution in [-0.2, 0) is 19.7 Å². The Kier molecular flexibility index (Phi) is 5.77. The van der Waals surface area contributed by atoms with Gasteiger partial charge in [0.25, 0.3) is 0 Å². The molecule has 0 saturated carbocycles. The smallest absolute Gasteiger partial charge is 0.248 e. The normalized spacial score (nSPS) is 15.6. The van der Waals surface area contributed by atoms with Crippen LogP contribution in [-0.4, -0.2) is 61.0 Å². The van der Waals surface area contributed by atoms with Crippen LogP contribution in [0.25, 0.3) is 0 Å². The molecular formula is C18H26N2O3. The molecule has 0 aliphatic carbocycles. The molecule has 23 heavy (non-hydrogen) atoms. The first-order valence-corrected chi connectivity index (χ1v) is 8.17. The molecule has 2 amide bonds. The van der Waals surface area contributed by atoms with E-state index in [1.54, 1.807) is 4.90 Å². The summed E-state index contributed by atoms with van der Waals surface area (Å²) in [6.45, 7) is 8.74. The third kappa shape index (κ3) is 4.10. The molecule has 0 unspecified atom stereocenters. The molecule has 0 spiro atoms. The van der Waals surface area contributed by atoms with Gasteiger partial charge in [-0.3, -0.25) is 9.59 Å². The lowest BCUT2D eigenvalue weighted by Gasteiger charge is -2.38. The Morgan fingerprint density at radius 3 is 2.17 bits per heavy atom. The van der Waals surface area contributed by atoms with E-state index in [1.807, 2.05) is 56.0 Å². The van der Waals surface area contributed by atoms with Crippen molar-refractivity contribution in [1.82, 2.24) is 9.80 Å². The minimum Gasteiger partial charge on any atom is -0.372 e. The zero-order valence-electron chi connectivity index (χ0n) is 14.2. The van der Waals surface area contributed by atoms with Crippen LogP contribution < -0.4 is 0 Å². The van der Waals surface area contributed by atoms with Gasteiger partial charge in [0.2, 0.25) is 11.8 Å². The van der Waals surface area contributed by atoms with Gasteiger partial charge in [0.1, 0.15) is 6.61 Å². The van der Waals surface area contributed by atoms with Crippen LogP contribution in [0.4, 0.5) is 0 Å². The molecule has 0 aromatic heterocycles. The zero-order chi connectivity index (χ0) is 16.9.